The minimum atomic E-state index is -0.368. The number of carbonyl (C=O) groups is 1. The molecule has 0 aliphatic carbocycles. The highest BCUT2D eigenvalue weighted by molar-refractivity contribution is 5.99. The molecule has 2 aromatic heterocycles. The third-order valence-electron chi connectivity index (χ3n) is 4.59. The number of rotatable bonds is 7. The van der Waals surface area contributed by atoms with E-state index in [0.29, 0.717) is 46.0 Å². The topological polar surface area (TPSA) is 110 Å². The molecule has 2 amide bonds. The molecule has 0 aliphatic rings. The van der Waals surface area contributed by atoms with Gasteiger partial charge in [0.25, 0.3) is 0 Å². The highest BCUT2D eigenvalue weighted by Gasteiger charge is 2.14. The average molecular weight is 442 g/mol. The Bertz CT molecular complexity index is 1250. The van der Waals surface area contributed by atoms with E-state index in [2.05, 4.69) is 30.9 Å². The summed E-state index contributed by atoms with van der Waals surface area (Å²) in [6.45, 7) is 0. The van der Waals surface area contributed by atoms with Gasteiger partial charge in [-0.2, -0.15) is 0 Å². The van der Waals surface area contributed by atoms with Crippen molar-refractivity contribution in [2.24, 2.45) is 0 Å². The van der Waals surface area contributed by atoms with Crippen LogP contribution in [0.1, 0.15) is 0 Å². The summed E-state index contributed by atoms with van der Waals surface area (Å²) in [5.74, 6) is 1.72. The van der Waals surface area contributed by atoms with Crippen LogP contribution in [0.5, 0.6) is 17.4 Å². The normalized spacial score (nSPS) is 10.2. The third-order valence-corrected chi connectivity index (χ3v) is 4.59. The summed E-state index contributed by atoms with van der Waals surface area (Å²) in [7, 11) is 3.28. The number of anilines is 3. The highest BCUT2D eigenvalue weighted by atomic mass is 16.5. The summed E-state index contributed by atoms with van der Waals surface area (Å²) in [5.41, 5.74) is 2.59. The molecule has 33 heavy (non-hydrogen) atoms. The number of hydrogen-bond donors (Lipinski definition) is 3. The second-order valence-electron chi connectivity index (χ2n) is 6.78. The number of carbonyl (C=O) groups excluding carboxylic acids is 1. The number of amides is 2. The summed E-state index contributed by atoms with van der Waals surface area (Å²) in [6, 6.07) is 19.3. The van der Waals surface area contributed by atoms with Crippen LogP contribution in [-0.4, -0.2) is 35.1 Å². The number of benzene rings is 2. The van der Waals surface area contributed by atoms with Gasteiger partial charge >= 0.3 is 6.03 Å². The molecule has 0 saturated carbocycles. The minimum Gasteiger partial charge on any atom is -0.493 e. The highest BCUT2D eigenvalue weighted by Crippen LogP contribution is 2.36. The number of ether oxygens (including phenoxy) is 2. The van der Waals surface area contributed by atoms with Gasteiger partial charge in [-0.25, -0.2) is 19.7 Å². The number of nitrogens with one attached hydrogen (secondary N) is 3. The van der Waals surface area contributed by atoms with Crippen molar-refractivity contribution >= 4 is 23.4 Å². The molecule has 4 aromatic rings. The lowest BCUT2D eigenvalue weighted by Crippen LogP contribution is -2.19. The second kappa shape index (κ2) is 10.1. The van der Waals surface area contributed by atoms with Gasteiger partial charge < -0.3 is 25.4 Å². The van der Waals surface area contributed by atoms with Crippen LogP contribution in [0.3, 0.4) is 0 Å². The van der Waals surface area contributed by atoms with E-state index in [9.17, 15) is 4.79 Å². The number of methoxy groups -OCH3 is 1. The molecule has 2 heterocycles. The zero-order chi connectivity index (χ0) is 23.0. The van der Waals surface area contributed by atoms with E-state index >= 15 is 0 Å². The molecule has 0 aliphatic heterocycles. The fourth-order valence-electron chi connectivity index (χ4n) is 3.04. The minimum absolute atomic E-state index is 0.360. The van der Waals surface area contributed by atoms with Crippen molar-refractivity contribution in [2.75, 3.05) is 30.1 Å². The van der Waals surface area contributed by atoms with E-state index < -0.39 is 0 Å². The molecular weight excluding hydrogens is 420 g/mol. The third kappa shape index (κ3) is 5.34. The molecule has 0 unspecified atom stereocenters. The lowest BCUT2D eigenvalue weighted by Gasteiger charge is -2.14. The molecule has 4 rings (SSSR count). The molecule has 0 spiro atoms. The molecule has 0 saturated heterocycles. The summed E-state index contributed by atoms with van der Waals surface area (Å²) in [5, 5.41) is 8.47. The Morgan fingerprint density at radius 1 is 0.848 bits per heavy atom. The Kier molecular flexibility index (Phi) is 6.60. The molecule has 9 heteroatoms. The van der Waals surface area contributed by atoms with Crippen LogP contribution in [0.4, 0.5) is 22.1 Å². The van der Waals surface area contributed by atoms with Crippen molar-refractivity contribution in [2.45, 2.75) is 0 Å². The standard InChI is InChI=1S/C24H22N6O3/c1-25-23-27-14-12-19(30-23)18-9-6-13-26-22(18)33-20-11-10-17(15-21(20)32-2)29-24(31)28-16-7-4-3-5-8-16/h3-15H,1-2H3,(H,25,27,30)(H2,28,29,31). The van der Waals surface area contributed by atoms with Crippen LogP contribution in [0.15, 0.2) is 79.1 Å². The number of nitrogens with zero attached hydrogens (tertiary/aromatic N) is 3. The number of aromatic nitrogens is 3. The van der Waals surface area contributed by atoms with Gasteiger partial charge in [0, 0.05) is 36.9 Å². The summed E-state index contributed by atoms with van der Waals surface area (Å²) >= 11 is 0. The van der Waals surface area contributed by atoms with Crippen LogP contribution in [-0.2, 0) is 0 Å². The first-order valence-electron chi connectivity index (χ1n) is 10.1. The molecule has 9 nitrogen and oxygen atoms in total. The molecule has 166 valence electrons. The van der Waals surface area contributed by atoms with Crippen molar-refractivity contribution in [1.29, 1.82) is 0 Å². The van der Waals surface area contributed by atoms with E-state index in [0.717, 1.165) is 0 Å². The van der Waals surface area contributed by atoms with Crippen molar-refractivity contribution in [3.63, 3.8) is 0 Å². The van der Waals surface area contributed by atoms with Crippen LogP contribution in [0.2, 0.25) is 0 Å². The zero-order valence-corrected chi connectivity index (χ0v) is 18.1. The summed E-state index contributed by atoms with van der Waals surface area (Å²) in [4.78, 5) is 25.3. The number of pyridine rings is 1. The van der Waals surface area contributed by atoms with E-state index in [1.807, 2.05) is 24.3 Å². The van der Waals surface area contributed by atoms with Crippen molar-refractivity contribution in [3.8, 4) is 28.6 Å². The second-order valence-corrected chi connectivity index (χ2v) is 6.78. The first-order valence-corrected chi connectivity index (χ1v) is 10.1. The van der Waals surface area contributed by atoms with Crippen LogP contribution < -0.4 is 25.4 Å². The van der Waals surface area contributed by atoms with E-state index in [1.165, 1.54) is 7.11 Å². The Morgan fingerprint density at radius 2 is 1.67 bits per heavy atom. The predicted octanol–water partition coefficient (Wildman–Crippen LogP) is 5.03. The van der Waals surface area contributed by atoms with Crippen molar-refractivity contribution in [3.05, 3.63) is 79.1 Å². The fourth-order valence-corrected chi connectivity index (χ4v) is 3.04. The number of hydrogen-bond acceptors (Lipinski definition) is 7. The van der Waals surface area contributed by atoms with E-state index in [-0.39, 0.29) is 6.03 Å². The molecule has 0 bridgehead atoms. The molecule has 0 atom stereocenters. The average Bonchev–Trinajstić information content (AvgIpc) is 2.86. The van der Waals surface area contributed by atoms with Gasteiger partial charge in [0.1, 0.15) is 0 Å². The maximum absolute atomic E-state index is 12.3. The van der Waals surface area contributed by atoms with Crippen LogP contribution >= 0.6 is 0 Å². The van der Waals surface area contributed by atoms with Gasteiger partial charge in [-0.3, -0.25) is 0 Å². The first-order chi connectivity index (χ1) is 16.2. The Hall–Kier alpha value is -4.66. The molecule has 0 fully saturated rings. The first kappa shape index (κ1) is 21.6. The molecule has 3 N–H and O–H groups in total. The summed E-state index contributed by atoms with van der Waals surface area (Å²) < 4.78 is 11.5. The fraction of sp³-hybridized carbons (Fsp3) is 0.0833. The van der Waals surface area contributed by atoms with Gasteiger partial charge in [0.15, 0.2) is 11.5 Å². The smallest absolute Gasteiger partial charge is 0.323 e. The largest absolute Gasteiger partial charge is 0.493 e. The van der Waals surface area contributed by atoms with Crippen LogP contribution in [0, 0.1) is 0 Å². The quantitative estimate of drug-likeness (QED) is 0.368. The lowest BCUT2D eigenvalue weighted by atomic mass is 10.2. The van der Waals surface area contributed by atoms with Gasteiger partial charge in [-0.05, 0) is 42.5 Å². The van der Waals surface area contributed by atoms with Crippen LogP contribution in [0.25, 0.3) is 11.3 Å². The molecular formula is C24H22N6O3. The van der Waals surface area contributed by atoms with E-state index in [4.69, 9.17) is 9.47 Å². The Labute approximate surface area is 190 Å². The van der Waals surface area contributed by atoms with Gasteiger partial charge in [-0.1, -0.05) is 18.2 Å². The Morgan fingerprint density at radius 3 is 2.45 bits per heavy atom. The zero-order valence-electron chi connectivity index (χ0n) is 18.1. The van der Waals surface area contributed by atoms with E-state index in [1.54, 1.807) is 61.9 Å². The van der Waals surface area contributed by atoms with Gasteiger partial charge in [0.05, 0.1) is 18.4 Å². The Balaban J connectivity index is 1.54. The van der Waals surface area contributed by atoms with Crippen molar-refractivity contribution in [1.82, 2.24) is 15.0 Å². The predicted molar refractivity (Wildman–Crippen MR) is 127 cm³/mol. The van der Waals surface area contributed by atoms with Crippen molar-refractivity contribution < 1.29 is 14.3 Å². The lowest BCUT2D eigenvalue weighted by molar-refractivity contribution is 0.262. The molecule has 2 aromatic carbocycles. The summed E-state index contributed by atoms with van der Waals surface area (Å²) in [6.07, 6.45) is 3.29. The SMILES string of the molecule is CNc1nccc(-c2cccnc2Oc2ccc(NC(=O)Nc3ccccc3)cc2OC)n1. The maximum atomic E-state index is 12.3. The monoisotopic (exact) mass is 442 g/mol. The van der Waals surface area contributed by atoms with Gasteiger partial charge in [0.2, 0.25) is 11.8 Å². The maximum Gasteiger partial charge on any atom is 0.323 e. The van der Waals surface area contributed by atoms with Gasteiger partial charge in [-0.15, -0.1) is 0 Å². The molecule has 0 radical (unpaired) electrons. The number of para-hydroxylation sites is 1. The number of urea groups is 1.